The lowest BCUT2D eigenvalue weighted by molar-refractivity contribution is 0.0440. The first-order valence-corrected chi connectivity index (χ1v) is 5.15. The zero-order chi connectivity index (χ0) is 10.9. The summed E-state index contributed by atoms with van der Waals surface area (Å²) in [5, 5.41) is 3.01. The Morgan fingerprint density at radius 3 is 2.14 bits per heavy atom. The average molecular weight is 204 g/mol. The number of hydrogen-bond acceptors (Lipinski definition) is 4. The summed E-state index contributed by atoms with van der Waals surface area (Å²) in [6, 6.07) is 0. The maximum atomic E-state index is 5.80. The van der Waals surface area contributed by atoms with E-state index in [0.717, 1.165) is 19.6 Å². The minimum atomic E-state index is -0.132. The normalized spacial score (nSPS) is 12.0. The van der Waals surface area contributed by atoms with E-state index in [2.05, 4.69) is 5.32 Å². The fraction of sp³-hybridized carbons (Fsp3) is 1.00. The van der Waals surface area contributed by atoms with Gasteiger partial charge in [-0.25, -0.2) is 0 Å². The van der Waals surface area contributed by atoms with Crippen molar-refractivity contribution >= 4 is 0 Å². The minimum Gasteiger partial charge on any atom is -0.379 e. The van der Waals surface area contributed by atoms with E-state index in [1.165, 1.54) is 0 Å². The van der Waals surface area contributed by atoms with Crippen LogP contribution in [0.2, 0.25) is 0 Å². The monoisotopic (exact) mass is 204 g/mol. The van der Waals surface area contributed by atoms with Crippen LogP contribution in [-0.2, 0) is 9.47 Å². The molecule has 4 heteroatoms. The Morgan fingerprint density at radius 2 is 1.64 bits per heavy atom. The Bertz CT molecular complexity index is 124. The Morgan fingerprint density at radius 1 is 1.07 bits per heavy atom. The summed E-state index contributed by atoms with van der Waals surface area (Å²) in [5.74, 6) is 0. The topological polar surface area (TPSA) is 56.5 Å². The summed E-state index contributed by atoms with van der Waals surface area (Å²) in [6.45, 7) is 7.64. The van der Waals surface area contributed by atoms with Gasteiger partial charge in [0.05, 0.1) is 19.8 Å². The number of nitrogens with two attached hydrogens (primary N) is 1. The molecule has 0 heterocycles. The van der Waals surface area contributed by atoms with E-state index in [-0.39, 0.29) is 5.54 Å². The maximum Gasteiger partial charge on any atom is 0.0701 e. The third-order valence-corrected chi connectivity index (χ3v) is 1.76. The highest BCUT2D eigenvalue weighted by molar-refractivity contribution is 4.70. The number of hydrogen-bond donors (Lipinski definition) is 2. The number of nitrogens with one attached hydrogen (secondary N) is 1. The van der Waals surface area contributed by atoms with Crippen molar-refractivity contribution in [3.63, 3.8) is 0 Å². The molecular weight excluding hydrogens is 180 g/mol. The predicted molar refractivity (Wildman–Crippen MR) is 58.4 cm³/mol. The molecular formula is C10H24N2O2. The molecule has 0 bridgehead atoms. The van der Waals surface area contributed by atoms with E-state index in [9.17, 15) is 0 Å². The molecule has 0 aromatic carbocycles. The largest absolute Gasteiger partial charge is 0.379 e. The molecule has 0 amide bonds. The van der Waals surface area contributed by atoms with E-state index in [1.807, 2.05) is 20.9 Å². The molecule has 0 saturated carbocycles. The summed E-state index contributed by atoms with van der Waals surface area (Å²) in [4.78, 5) is 0. The van der Waals surface area contributed by atoms with E-state index in [0.29, 0.717) is 19.8 Å². The van der Waals surface area contributed by atoms with Gasteiger partial charge < -0.3 is 20.5 Å². The molecule has 0 fully saturated rings. The van der Waals surface area contributed by atoms with E-state index >= 15 is 0 Å². The molecule has 4 nitrogen and oxygen atoms in total. The zero-order valence-electron chi connectivity index (χ0n) is 9.64. The third kappa shape index (κ3) is 11.8. The van der Waals surface area contributed by atoms with Crippen molar-refractivity contribution in [1.29, 1.82) is 0 Å². The van der Waals surface area contributed by atoms with Gasteiger partial charge in [-0.05, 0) is 27.3 Å². The van der Waals surface area contributed by atoms with Crippen LogP contribution >= 0.6 is 0 Å². The van der Waals surface area contributed by atoms with Crippen LogP contribution in [0.4, 0.5) is 0 Å². The highest BCUT2D eigenvalue weighted by Gasteiger charge is 2.09. The van der Waals surface area contributed by atoms with Crippen LogP contribution in [0, 0.1) is 0 Å². The predicted octanol–water partition coefficient (Wildman–Crippen LogP) is 0.366. The Labute approximate surface area is 87.1 Å². The molecule has 0 spiro atoms. The maximum absolute atomic E-state index is 5.80. The molecule has 0 atom stereocenters. The quantitative estimate of drug-likeness (QED) is 0.533. The molecule has 0 saturated heterocycles. The van der Waals surface area contributed by atoms with Crippen LogP contribution < -0.4 is 11.1 Å². The molecule has 0 unspecified atom stereocenters. The fourth-order valence-corrected chi connectivity index (χ4v) is 0.831. The van der Waals surface area contributed by atoms with Crippen LogP contribution in [0.1, 0.15) is 20.3 Å². The first kappa shape index (κ1) is 13.8. The molecule has 0 aromatic rings. The van der Waals surface area contributed by atoms with Gasteiger partial charge in [-0.15, -0.1) is 0 Å². The Kier molecular flexibility index (Phi) is 8.08. The standard InChI is InChI=1S/C10H24N2O2/c1-10(2,11)4-6-13-8-9-14-7-5-12-3/h12H,4-9,11H2,1-3H3. The second kappa shape index (κ2) is 8.17. The van der Waals surface area contributed by atoms with Gasteiger partial charge in [0.15, 0.2) is 0 Å². The van der Waals surface area contributed by atoms with Crippen LogP contribution in [-0.4, -0.2) is 45.6 Å². The molecule has 0 aliphatic carbocycles. The SMILES string of the molecule is CNCCOCCOCCC(C)(C)N. The Hall–Kier alpha value is -0.160. The first-order chi connectivity index (χ1) is 6.56. The van der Waals surface area contributed by atoms with Gasteiger partial charge in [-0.3, -0.25) is 0 Å². The minimum absolute atomic E-state index is 0.132. The lowest BCUT2D eigenvalue weighted by atomic mass is 10.0. The highest BCUT2D eigenvalue weighted by Crippen LogP contribution is 2.02. The second-order valence-electron chi connectivity index (χ2n) is 4.07. The van der Waals surface area contributed by atoms with Crippen molar-refractivity contribution in [1.82, 2.24) is 5.32 Å². The summed E-state index contributed by atoms with van der Waals surface area (Å²) in [6.07, 6.45) is 0.878. The van der Waals surface area contributed by atoms with Crippen molar-refractivity contribution in [3.8, 4) is 0 Å². The lowest BCUT2D eigenvalue weighted by Crippen LogP contribution is -2.33. The summed E-state index contributed by atoms with van der Waals surface area (Å²) < 4.78 is 10.7. The van der Waals surface area contributed by atoms with Crippen molar-refractivity contribution in [2.75, 3.05) is 40.0 Å². The van der Waals surface area contributed by atoms with Crippen molar-refractivity contribution < 1.29 is 9.47 Å². The average Bonchev–Trinajstić information content (AvgIpc) is 2.08. The summed E-state index contributed by atoms with van der Waals surface area (Å²) >= 11 is 0. The van der Waals surface area contributed by atoms with E-state index in [1.54, 1.807) is 0 Å². The Balaban J connectivity index is 2.99. The van der Waals surface area contributed by atoms with E-state index in [4.69, 9.17) is 15.2 Å². The van der Waals surface area contributed by atoms with Gasteiger partial charge >= 0.3 is 0 Å². The molecule has 0 radical (unpaired) electrons. The number of likely N-dealkylation sites (N-methyl/N-ethyl adjacent to an activating group) is 1. The van der Waals surface area contributed by atoms with Crippen molar-refractivity contribution in [2.24, 2.45) is 5.73 Å². The van der Waals surface area contributed by atoms with Gasteiger partial charge in [0.2, 0.25) is 0 Å². The third-order valence-electron chi connectivity index (χ3n) is 1.76. The molecule has 0 aromatic heterocycles. The van der Waals surface area contributed by atoms with Gasteiger partial charge in [0.1, 0.15) is 0 Å². The van der Waals surface area contributed by atoms with Crippen LogP contribution in [0.3, 0.4) is 0 Å². The van der Waals surface area contributed by atoms with Gasteiger partial charge in [-0.1, -0.05) is 0 Å². The second-order valence-corrected chi connectivity index (χ2v) is 4.07. The van der Waals surface area contributed by atoms with Gasteiger partial charge in [0, 0.05) is 18.7 Å². The lowest BCUT2D eigenvalue weighted by Gasteiger charge is -2.17. The fourth-order valence-electron chi connectivity index (χ4n) is 0.831. The molecule has 14 heavy (non-hydrogen) atoms. The number of ether oxygens (including phenoxy) is 2. The molecule has 0 aliphatic heterocycles. The molecule has 86 valence electrons. The van der Waals surface area contributed by atoms with Gasteiger partial charge in [0.25, 0.3) is 0 Å². The molecule has 0 rings (SSSR count). The van der Waals surface area contributed by atoms with Crippen molar-refractivity contribution in [2.45, 2.75) is 25.8 Å². The number of rotatable bonds is 9. The van der Waals surface area contributed by atoms with Crippen LogP contribution in [0.25, 0.3) is 0 Å². The van der Waals surface area contributed by atoms with Gasteiger partial charge in [-0.2, -0.15) is 0 Å². The summed E-state index contributed by atoms with van der Waals surface area (Å²) in [7, 11) is 1.91. The smallest absolute Gasteiger partial charge is 0.0701 e. The zero-order valence-corrected chi connectivity index (χ0v) is 9.64. The molecule has 0 aliphatic rings. The molecule has 3 N–H and O–H groups in total. The summed E-state index contributed by atoms with van der Waals surface area (Å²) in [5.41, 5.74) is 5.66. The van der Waals surface area contributed by atoms with Crippen molar-refractivity contribution in [3.05, 3.63) is 0 Å². The van der Waals surface area contributed by atoms with Crippen LogP contribution in [0.15, 0.2) is 0 Å². The highest BCUT2D eigenvalue weighted by atomic mass is 16.5. The van der Waals surface area contributed by atoms with E-state index < -0.39 is 0 Å². The first-order valence-electron chi connectivity index (χ1n) is 5.15. The van der Waals surface area contributed by atoms with Crippen LogP contribution in [0.5, 0.6) is 0 Å².